The van der Waals surface area contributed by atoms with Crippen LogP contribution >= 0.6 is 0 Å². The molecule has 0 saturated heterocycles. The van der Waals surface area contributed by atoms with Gasteiger partial charge in [0.25, 0.3) is 0 Å². The van der Waals surface area contributed by atoms with Crippen LogP contribution in [-0.4, -0.2) is 18.8 Å². The molecule has 0 aromatic carbocycles. The highest BCUT2D eigenvalue weighted by molar-refractivity contribution is 6.08. The summed E-state index contributed by atoms with van der Waals surface area (Å²) in [7, 11) is 5.03. The van der Waals surface area contributed by atoms with E-state index in [9.17, 15) is 0 Å². The van der Waals surface area contributed by atoms with E-state index in [1.165, 1.54) is 0 Å². The van der Waals surface area contributed by atoms with Gasteiger partial charge in [-0.2, -0.15) is 0 Å². The number of rotatable bonds is 1. The van der Waals surface area contributed by atoms with Crippen LogP contribution < -0.4 is 0 Å². The molecule has 0 aliphatic heterocycles. The molecule has 2 nitrogen and oxygen atoms in total. The molecule has 0 saturated carbocycles. The van der Waals surface area contributed by atoms with Gasteiger partial charge in [-0.25, -0.2) is 0 Å². The molecule has 0 amide bonds. The molecule has 3 heteroatoms. The maximum atomic E-state index is 5.03. The molecular formula is C3H11BO2. The molecule has 0 atom stereocenters. The van der Waals surface area contributed by atoms with E-state index in [1.54, 1.807) is 0 Å². The summed E-state index contributed by atoms with van der Waals surface area (Å²) in [5.74, 6) is 0. The van der Waals surface area contributed by atoms with Gasteiger partial charge in [0.1, 0.15) is 0 Å². The van der Waals surface area contributed by atoms with Gasteiger partial charge < -0.3 is 11.0 Å². The summed E-state index contributed by atoms with van der Waals surface area (Å²) < 4.78 is 0. The van der Waals surface area contributed by atoms with Crippen molar-refractivity contribution in [3.05, 3.63) is 0 Å². The van der Waals surface area contributed by atoms with Crippen molar-refractivity contribution in [2.45, 2.75) is 19.7 Å². The Balaban J connectivity index is -0.0000000450. The maximum Gasteiger partial charge on any atom is 0.0652 e. The van der Waals surface area contributed by atoms with Crippen LogP contribution in [0.5, 0.6) is 0 Å². The molecule has 2 radical (unpaired) electrons. The van der Waals surface area contributed by atoms with Crippen molar-refractivity contribution < 1.29 is 11.0 Å². The fourth-order valence-corrected chi connectivity index (χ4v) is 0. The lowest BCUT2D eigenvalue weighted by Crippen LogP contribution is -1.55. The summed E-state index contributed by atoms with van der Waals surface area (Å²) in [6.45, 7) is 2.06. The van der Waals surface area contributed by atoms with E-state index in [4.69, 9.17) is 7.85 Å². The van der Waals surface area contributed by atoms with E-state index in [2.05, 4.69) is 6.92 Å². The predicted molar refractivity (Wildman–Crippen MR) is 28.1 cm³/mol. The van der Waals surface area contributed by atoms with Gasteiger partial charge in [-0.05, 0) is 0 Å². The molecule has 0 rings (SSSR count). The fraction of sp³-hybridized carbons (Fsp3) is 1.00. The molecule has 0 fully saturated rings. The van der Waals surface area contributed by atoms with Gasteiger partial charge in [0.2, 0.25) is 0 Å². The van der Waals surface area contributed by atoms with E-state index in [0.717, 1.165) is 12.7 Å². The van der Waals surface area contributed by atoms with E-state index < -0.39 is 0 Å². The smallest absolute Gasteiger partial charge is 0.0652 e. The third-order valence-corrected chi connectivity index (χ3v) is 0.289. The Labute approximate surface area is 39.6 Å². The van der Waals surface area contributed by atoms with Gasteiger partial charge in [0.15, 0.2) is 0 Å². The zero-order chi connectivity index (χ0) is 3.41. The van der Waals surface area contributed by atoms with Crippen LogP contribution in [0.3, 0.4) is 0 Å². The second-order valence-corrected chi connectivity index (χ2v) is 0.789. The molecule has 0 spiro atoms. The van der Waals surface area contributed by atoms with Crippen molar-refractivity contribution in [3.63, 3.8) is 0 Å². The minimum atomic E-state index is 0. The monoisotopic (exact) mass is 90.1 g/mol. The van der Waals surface area contributed by atoms with Crippen LogP contribution in [0, 0.1) is 0 Å². The lowest BCUT2D eigenvalue weighted by atomic mass is 10.0. The summed E-state index contributed by atoms with van der Waals surface area (Å²) in [5.41, 5.74) is 0. The van der Waals surface area contributed by atoms with Crippen LogP contribution in [0.25, 0.3) is 0 Å². The minimum absolute atomic E-state index is 0. The van der Waals surface area contributed by atoms with Gasteiger partial charge in [0, 0.05) is 0 Å². The lowest BCUT2D eigenvalue weighted by Gasteiger charge is -1.67. The molecule has 38 valence electrons. The first kappa shape index (κ1) is 16.7. The highest BCUT2D eigenvalue weighted by Crippen LogP contribution is 1.73. The van der Waals surface area contributed by atoms with E-state index in [-0.39, 0.29) is 11.0 Å². The van der Waals surface area contributed by atoms with Crippen molar-refractivity contribution in [3.8, 4) is 0 Å². The Morgan fingerprint density at radius 1 is 1.33 bits per heavy atom. The molecule has 0 aromatic rings. The lowest BCUT2D eigenvalue weighted by molar-refractivity contribution is 0.823. The van der Waals surface area contributed by atoms with Gasteiger partial charge in [-0.3, -0.25) is 0 Å². The van der Waals surface area contributed by atoms with Crippen LogP contribution in [0.1, 0.15) is 13.3 Å². The van der Waals surface area contributed by atoms with Crippen LogP contribution in [0.4, 0.5) is 0 Å². The second kappa shape index (κ2) is 20.1. The zero-order valence-electron chi connectivity index (χ0n) is 3.99. The normalized spacial score (nSPS) is 4.83. The highest BCUT2D eigenvalue weighted by Gasteiger charge is 1.57. The molecule has 0 heterocycles. The van der Waals surface area contributed by atoms with Gasteiger partial charge in [-0.1, -0.05) is 19.7 Å². The molecule has 0 unspecified atom stereocenters. The summed E-state index contributed by atoms with van der Waals surface area (Å²) >= 11 is 0. The van der Waals surface area contributed by atoms with E-state index in [1.807, 2.05) is 0 Å². The molecule has 6 heavy (non-hydrogen) atoms. The van der Waals surface area contributed by atoms with Crippen molar-refractivity contribution in [2.24, 2.45) is 0 Å². The Bertz CT molecular complexity index is 10.8. The Morgan fingerprint density at radius 2 is 1.50 bits per heavy atom. The predicted octanol–water partition coefficient (Wildman–Crippen LogP) is -0.666. The SMILES string of the molecule is O.O.[B]CCC. The van der Waals surface area contributed by atoms with E-state index >= 15 is 0 Å². The van der Waals surface area contributed by atoms with Gasteiger partial charge in [0.05, 0.1) is 7.85 Å². The number of hydrogen-bond acceptors (Lipinski definition) is 0. The van der Waals surface area contributed by atoms with Crippen LogP contribution in [0.15, 0.2) is 0 Å². The summed E-state index contributed by atoms with van der Waals surface area (Å²) in [6, 6.07) is 0. The summed E-state index contributed by atoms with van der Waals surface area (Å²) in [5, 5.41) is 0. The largest absolute Gasteiger partial charge is 0.412 e. The van der Waals surface area contributed by atoms with Gasteiger partial charge in [-0.15, -0.1) is 0 Å². The second-order valence-electron chi connectivity index (χ2n) is 0.789. The minimum Gasteiger partial charge on any atom is -0.412 e. The quantitative estimate of drug-likeness (QED) is 0.383. The van der Waals surface area contributed by atoms with Crippen molar-refractivity contribution in [2.75, 3.05) is 0 Å². The Morgan fingerprint density at radius 3 is 1.50 bits per heavy atom. The van der Waals surface area contributed by atoms with Crippen LogP contribution in [-0.2, 0) is 0 Å². The first-order chi connectivity index (χ1) is 1.91. The highest BCUT2D eigenvalue weighted by atomic mass is 16.0. The average Bonchev–Trinajstić information content (AvgIpc) is 1.37. The summed E-state index contributed by atoms with van der Waals surface area (Å²) in [4.78, 5) is 0. The molecule has 0 aliphatic carbocycles. The fourth-order valence-electron chi connectivity index (χ4n) is 0. The third-order valence-electron chi connectivity index (χ3n) is 0.289. The van der Waals surface area contributed by atoms with E-state index in [0.29, 0.717) is 0 Å². The van der Waals surface area contributed by atoms with Gasteiger partial charge >= 0.3 is 0 Å². The van der Waals surface area contributed by atoms with Crippen molar-refractivity contribution >= 4 is 7.85 Å². The Hall–Kier alpha value is -0.0151. The van der Waals surface area contributed by atoms with Crippen LogP contribution in [0.2, 0.25) is 6.32 Å². The molecule has 4 N–H and O–H groups in total. The third kappa shape index (κ3) is 36.6. The maximum absolute atomic E-state index is 5.03. The zero-order valence-corrected chi connectivity index (χ0v) is 3.99. The molecule has 0 aromatic heterocycles. The topological polar surface area (TPSA) is 63.0 Å². The van der Waals surface area contributed by atoms with Crippen molar-refractivity contribution in [1.29, 1.82) is 0 Å². The molecule has 0 aliphatic rings. The average molecular weight is 89.9 g/mol. The first-order valence-electron chi connectivity index (χ1n) is 1.62. The summed E-state index contributed by atoms with van der Waals surface area (Å²) in [6.07, 6.45) is 1.92. The molecule has 0 bridgehead atoms. The van der Waals surface area contributed by atoms with Crippen molar-refractivity contribution in [1.82, 2.24) is 0 Å². The molecular weight excluding hydrogens is 78.8 g/mol. The Kier molecular flexibility index (Phi) is 55.9. The number of hydrogen-bond donors (Lipinski definition) is 0. The first-order valence-corrected chi connectivity index (χ1v) is 1.62. The standard InChI is InChI=1S/C3H7B.2H2O/c1-2-3-4;;/h2-3H2,1H3;2*1H2.